The van der Waals surface area contributed by atoms with Crippen molar-refractivity contribution in [2.75, 3.05) is 13.2 Å². The van der Waals surface area contributed by atoms with Crippen LogP contribution in [0.1, 0.15) is 20.3 Å². The van der Waals surface area contributed by atoms with Gasteiger partial charge in [-0.25, -0.2) is 0 Å². The van der Waals surface area contributed by atoms with E-state index in [1.54, 1.807) is 5.57 Å². The molecule has 0 aromatic carbocycles. The van der Waals surface area contributed by atoms with Crippen LogP contribution in [0.2, 0.25) is 0 Å². The van der Waals surface area contributed by atoms with Gasteiger partial charge in [0.25, 0.3) is 0 Å². The quantitative estimate of drug-likeness (QED) is 0.500. The van der Waals surface area contributed by atoms with Gasteiger partial charge in [0.1, 0.15) is 0 Å². The Morgan fingerprint density at radius 3 is 3.08 bits per heavy atom. The summed E-state index contributed by atoms with van der Waals surface area (Å²) in [5, 5.41) is 0. The molecule has 1 heteroatoms. The average Bonchev–Trinajstić information content (AvgIpc) is 2.43. The molecule has 2 rings (SSSR count). The highest BCUT2D eigenvalue weighted by Gasteiger charge is 2.23. The van der Waals surface area contributed by atoms with E-state index in [0.717, 1.165) is 13.2 Å². The third-order valence-electron chi connectivity index (χ3n) is 2.85. The summed E-state index contributed by atoms with van der Waals surface area (Å²) in [5.41, 5.74) is 3.09. The summed E-state index contributed by atoms with van der Waals surface area (Å²) < 4.78 is 5.44. The number of rotatable bonds is 0. The first-order chi connectivity index (χ1) is 5.77. The minimum Gasteiger partial charge on any atom is -0.376 e. The fourth-order valence-corrected chi connectivity index (χ4v) is 2.12. The molecule has 0 aromatic heterocycles. The normalized spacial score (nSPS) is 35.2. The maximum atomic E-state index is 5.44. The van der Waals surface area contributed by atoms with Gasteiger partial charge in [-0.15, -0.1) is 0 Å². The van der Waals surface area contributed by atoms with Crippen LogP contribution < -0.4 is 0 Å². The molecule has 0 N–H and O–H groups in total. The van der Waals surface area contributed by atoms with E-state index in [4.69, 9.17) is 4.74 Å². The molecule has 0 saturated carbocycles. The van der Waals surface area contributed by atoms with Crippen molar-refractivity contribution in [1.82, 2.24) is 0 Å². The minimum absolute atomic E-state index is 0.593. The molecule has 2 aliphatic rings. The fraction of sp³-hybridized carbons (Fsp3) is 0.636. The number of hydrogen-bond acceptors (Lipinski definition) is 1. The average molecular weight is 164 g/mol. The van der Waals surface area contributed by atoms with Crippen molar-refractivity contribution in [2.45, 2.75) is 20.3 Å². The van der Waals surface area contributed by atoms with Gasteiger partial charge >= 0.3 is 0 Å². The molecule has 0 spiro atoms. The molecular weight excluding hydrogens is 148 g/mol. The zero-order chi connectivity index (χ0) is 8.55. The molecule has 0 unspecified atom stereocenters. The third kappa shape index (κ3) is 1.34. The number of fused-ring (bicyclic) bond motifs is 1. The van der Waals surface area contributed by atoms with Crippen LogP contribution in [0.15, 0.2) is 23.3 Å². The molecule has 1 aliphatic carbocycles. The molecule has 66 valence electrons. The van der Waals surface area contributed by atoms with Crippen molar-refractivity contribution in [1.29, 1.82) is 0 Å². The van der Waals surface area contributed by atoms with Gasteiger partial charge in [-0.3, -0.25) is 0 Å². The lowest BCUT2D eigenvalue weighted by atomic mass is 9.97. The van der Waals surface area contributed by atoms with E-state index in [-0.39, 0.29) is 0 Å². The first-order valence-corrected chi connectivity index (χ1v) is 4.72. The van der Waals surface area contributed by atoms with Gasteiger partial charge in [-0.2, -0.15) is 0 Å². The Morgan fingerprint density at radius 1 is 1.42 bits per heavy atom. The van der Waals surface area contributed by atoms with Crippen LogP contribution in [-0.4, -0.2) is 13.2 Å². The van der Waals surface area contributed by atoms with Gasteiger partial charge in [-0.1, -0.05) is 24.6 Å². The number of ether oxygens (including phenoxy) is 1. The highest BCUT2D eigenvalue weighted by atomic mass is 16.5. The van der Waals surface area contributed by atoms with Crippen molar-refractivity contribution >= 4 is 0 Å². The van der Waals surface area contributed by atoms with Gasteiger partial charge in [0.05, 0.1) is 13.2 Å². The highest BCUT2D eigenvalue weighted by Crippen LogP contribution is 2.31. The van der Waals surface area contributed by atoms with E-state index in [0.29, 0.717) is 11.8 Å². The zero-order valence-electron chi connectivity index (χ0n) is 7.84. The summed E-state index contributed by atoms with van der Waals surface area (Å²) in [4.78, 5) is 0. The summed E-state index contributed by atoms with van der Waals surface area (Å²) in [5.74, 6) is 1.30. The second-order valence-corrected chi connectivity index (χ2v) is 3.99. The smallest absolute Gasteiger partial charge is 0.0686 e. The molecule has 1 fully saturated rings. The second-order valence-electron chi connectivity index (χ2n) is 3.99. The first-order valence-electron chi connectivity index (χ1n) is 4.72. The van der Waals surface area contributed by atoms with Crippen LogP contribution in [0.3, 0.4) is 0 Å². The van der Waals surface area contributed by atoms with E-state index in [1.165, 1.54) is 12.0 Å². The zero-order valence-corrected chi connectivity index (χ0v) is 7.84. The maximum Gasteiger partial charge on any atom is 0.0686 e. The van der Waals surface area contributed by atoms with Gasteiger partial charge in [0, 0.05) is 5.92 Å². The molecule has 2 atom stereocenters. The van der Waals surface area contributed by atoms with Crippen molar-refractivity contribution in [3.63, 3.8) is 0 Å². The maximum absolute atomic E-state index is 5.44. The Bertz CT molecular complexity index is 237. The second kappa shape index (κ2) is 3.06. The summed E-state index contributed by atoms with van der Waals surface area (Å²) >= 11 is 0. The predicted octanol–water partition coefficient (Wildman–Crippen LogP) is 2.55. The fourth-order valence-electron chi connectivity index (χ4n) is 2.12. The summed E-state index contributed by atoms with van der Waals surface area (Å²) in [6, 6.07) is 0. The largest absolute Gasteiger partial charge is 0.376 e. The molecule has 0 amide bonds. The first kappa shape index (κ1) is 8.06. The topological polar surface area (TPSA) is 9.23 Å². The standard InChI is InChI=1S/C11H16O/c1-8-3-4-10-6-12-7-11(10)9(2)5-8/h3-4,8,10H,5-7H2,1-2H3/t8-,10-/m1/s1. The van der Waals surface area contributed by atoms with Crippen LogP contribution in [-0.2, 0) is 4.74 Å². The summed E-state index contributed by atoms with van der Waals surface area (Å²) in [6.07, 6.45) is 5.87. The Kier molecular flexibility index (Phi) is 2.05. The molecule has 1 aliphatic heterocycles. The lowest BCUT2D eigenvalue weighted by molar-refractivity contribution is 0.195. The van der Waals surface area contributed by atoms with Crippen molar-refractivity contribution in [3.8, 4) is 0 Å². The van der Waals surface area contributed by atoms with Gasteiger partial charge < -0.3 is 4.74 Å². The van der Waals surface area contributed by atoms with Gasteiger partial charge in [0.2, 0.25) is 0 Å². The molecule has 0 bridgehead atoms. The van der Waals surface area contributed by atoms with E-state index < -0.39 is 0 Å². The van der Waals surface area contributed by atoms with E-state index in [2.05, 4.69) is 26.0 Å². The minimum atomic E-state index is 0.593. The molecular formula is C11H16O. The van der Waals surface area contributed by atoms with Crippen LogP contribution in [0, 0.1) is 11.8 Å². The van der Waals surface area contributed by atoms with E-state index in [9.17, 15) is 0 Å². The van der Waals surface area contributed by atoms with Crippen LogP contribution >= 0.6 is 0 Å². The molecule has 1 heterocycles. The molecule has 0 aromatic rings. The Morgan fingerprint density at radius 2 is 2.25 bits per heavy atom. The van der Waals surface area contributed by atoms with Crippen molar-refractivity contribution in [3.05, 3.63) is 23.3 Å². The van der Waals surface area contributed by atoms with E-state index >= 15 is 0 Å². The van der Waals surface area contributed by atoms with Gasteiger partial charge in [-0.05, 0) is 24.8 Å². The molecule has 1 saturated heterocycles. The van der Waals surface area contributed by atoms with Crippen LogP contribution in [0.25, 0.3) is 0 Å². The lowest BCUT2D eigenvalue weighted by Crippen LogP contribution is -1.98. The van der Waals surface area contributed by atoms with Crippen molar-refractivity contribution < 1.29 is 4.74 Å². The number of allylic oxidation sites excluding steroid dienone is 2. The number of hydrogen-bond donors (Lipinski definition) is 0. The van der Waals surface area contributed by atoms with Gasteiger partial charge in [0.15, 0.2) is 0 Å². The summed E-state index contributed by atoms with van der Waals surface area (Å²) in [6.45, 7) is 6.30. The van der Waals surface area contributed by atoms with Crippen LogP contribution in [0.4, 0.5) is 0 Å². The third-order valence-corrected chi connectivity index (χ3v) is 2.85. The molecule has 12 heavy (non-hydrogen) atoms. The Balaban J connectivity index is 2.29. The molecule has 0 radical (unpaired) electrons. The van der Waals surface area contributed by atoms with Crippen molar-refractivity contribution in [2.24, 2.45) is 11.8 Å². The highest BCUT2D eigenvalue weighted by molar-refractivity contribution is 5.26. The predicted molar refractivity (Wildman–Crippen MR) is 49.9 cm³/mol. The molecule has 1 nitrogen and oxygen atoms in total. The SMILES string of the molecule is CC1=C2COC[C@H]2C=C[C@@H](C)C1. The Labute approximate surface area is 74.1 Å². The Hall–Kier alpha value is -0.560. The monoisotopic (exact) mass is 164 g/mol. The summed E-state index contributed by atoms with van der Waals surface area (Å²) in [7, 11) is 0. The van der Waals surface area contributed by atoms with Crippen LogP contribution in [0.5, 0.6) is 0 Å². The van der Waals surface area contributed by atoms with E-state index in [1.807, 2.05) is 0 Å². The lowest BCUT2D eigenvalue weighted by Gasteiger charge is -2.07.